The van der Waals surface area contributed by atoms with Gasteiger partial charge >= 0.3 is 0 Å². The van der Waals surface area contributed by atoms with E-state index in [1.165, 1.54) is 0 Å². The van der Waals surface area contributed by atoms with Crippen LogP contribution in [0.15, 0.2) is 30.3 Å². The van der Waals surface area contributed by atoms with Gasteiger partial charge in [0.15, 0.2) is 5.78 Å². The van der Waals surface area contributed by atoms with Crippen LogP contribution in [0.4, 0.5) is 0 Å². The van der Waals surface area contributed by atoms with Gasteiger partial charge in [-0.05, 0) is 12.1 Å². The molecule has 1 aromatic heterocycles. The first kappa shape index (κ1) is 9.03. The van der Waals surface area contributed by atoms with Crippen LogP contribution in [-0.4, -0.2) is 15.8 Å². The minimum absolute atomic E-state index is 0.0255. The Morgan fingerprint density at radius 3 is 2.38 bits per heavy atom. The number of carbonyl (C=O) groups is 1. The smallest absolute Gasteiger partial charge is 0.187 e. The Morgan fingerprint density at radius 2 is 1.69 bits per heavy atom. The summed E-state index contributed by atoms with van der Waals surface area (Å²) in [6, 6.07) is 7.45. The van der Waals surface area contributed by atoms with Gasteiger partial charge in [-0.3, -0.25) is 4.79 Å². The lowest BCUT2D eigenvalue weighted by atomic mass is 10.0. The van der Waals surface area contributed by atoms with Crippen molar-refractivity contribution in [2.75, 3.05) is 0 Å². The molecule has 0 radical (unpaired) electrons. The molecule has 0 aliphatic heterocycles. The highest BCUT2D eigenvalue weighted by molar-refractivity contribution is 6.03. The molecule has 1 heterocycles. The molecule has 2 aromatic rings. The molecule has 0 fully saturated rings. The second-order valence-electron chi connectivity index (χ2n) is 3.70. The van der Waals surface area contributed by atoms with Gasteiger partial charge in [0, 0.05) is 6.42 Å². The van der Waals surface area contributed by atoms with E-state index in [-0.39, 0.29) is 5.78 Å². The van der Waals surface area contributed by atoms with Crippen molar-refractivity contribution in [3.05, 3.63) is 41.7 Å². The van der Waals surface area contributed by atoms with Crippen LogP contribution in [0, 0.1) is 0 Å². The molecule has 16 heavy (non-hydrogen) atoms. The third-order valence-corrected chi connectivity index (χ3v) is 2.62. The number of allylic oxidation sites excluding steroid dienone is 1. The van der Waals surface area contributed by atoms with Gasteiger partial charge < -0.3 is 5.73 Å². The Hall–Kier alpha value is -2.23. The maximum Gasteiger partial charge on any atom is 0.187 e. The molecule has 2 N–H and O–H groups in total. The Morgan fingerprint density at radius 1 is 1.06 bits per heavy atom. The van der Waals surface area contributed by atoms with Crippen molar-refractivity contribution in [3.63, 3.8) is 0 Å². The van der Waals surface area contributed by atoms with Gasteiger partial charge in [0.05, 0.1) is 16.7 Å². The second-order valence-corrected chi connectivity index (χ2v) is 3.70. The van der Waals surface area contributed by atoms with Crippen molar-refractivity contribution < 1.29 is 4.79 Å². The van der Waals surface area contributed by atoms with Gasteiger partial charge in [-0.2, -0.15) is 0 Å². The van der Waals surface area contributed by atoms with Crippen LogP contribution >= 0.6 is 0 Å². The Kier molecular flexibility index (Phi) is 1.77. The lowest BCUT2D eigenvalue weighted by Crippen LogP contribution is -2.16. The van der Waals surface area contributed by atoms with Crippen molar-refractivity contribution in [1.29, 1.82) is 0 Å². The average molecular weight is 211 g/mol. The maximum atomic E-state index is 11.7. The van der Waals surface area contributed by atoms with Gasteiger partial charge in [0.1, 0.15) is 11.4 Å². The highest BCUT2D eigenvalue weighted by Gasteiger charge is 2.21. The lowest BCUT2D eigenvalue weighted by Gasteiger charge is -2.12. The van der Waals surface area contributed by atoms with Gasteiger partial charge in [-0.15, -0.1) is 0 Å². The van der Waals surface area contributed by atoms with Crippen molar-refractivity contribution in [2.24, 2.45) is 5.73 Å². The van der Waals surface area contributed by atoms with Crippen LogP contribution in [0.3, 0.4) is 0 Å². The van der Waals surface area contributed by atoms with Gasteiger partial charge in [0.25, 0.3) is 0 Å². The summed E-state index contributed by atoms with van der Waals surface area (Å²) < 4.78 is 0. The number of fused-ring (bicyclic) bond motifs is 2. The minimum atomic E-state index is -0.0255. The molecule has 1 aliphatic carbocycles. The van der Waals surface area contributed by atoms with Crippen LogP contribution in [0.1, 0.15) is 22.6 Å². The summed E-state index contributed by atoms with van der Waals surface area (Å²) in [4.78, 5) is 20.4. The van der Waals surface area contributed by atoms with Crippen molar-refractivity contribution in [1.82, 2.24) is 9.97 Å². The van der Waals surface area contributed by atoms with Crippen LogP contribution in [0.2, 0.25) is 0 Å². The quantitative estimate of drug-likeness (QED) is 0.717. The summed E-state index contributed by atoms with van der Waals surface area (Å²) in [7, 11) is 0. The van der Waals surface area contributed by atoms with Gasteiger partial charge in [-0.25, -0.2) is 9.97 Å². The standard InChI is InChI=1S/C12H9N3O/c13-7-5-6-10(16)12-11(7)14-8-3-1-2-4-9(8)15-12/h1-5H,6,13H2. The van der Waals surface area contributed by atoms with Crippen LogP contribution in [-0.2, 0) is 0 Å². The Bertz CT molecular complexity index is 631. The number of para-hydroxylation sites is 2. The van der Waals surface area contributed by atoms with Gasteiger partial charge in [0.2, 0.25) is 0 Å². The Labute approximate surface area is 91.8 Å². The molecule has 0 atom stereocenters. The van der Waals surface area contributed by atoms with E-state index in [1.807, 2.05) is 24.3 Å². The zero-order valence-electron chi connectivity index (χ0n) is 8.47. The molecule has 3 rings (SSSR count). The predicted molar refractivity (Wildman–Crippen MR) is 60.6 cm³/mol. The van der Waals surface area contributed by atoms with Crippen LogP contribution in [0.25, 0.3) is 16.7 Å². The third-order valence-electron chi connectivity index (χ3n) is 2.62. The summed E-state index contributed by atoms with van der Waals surface area (Å²) in [6.07, 6.45) is 2.00. The zero-order valence-corrected chi connectivity index (χ0v) is 8.47. The van der Waals surface area contributed by atoms with Crippen LogP contribution < -0.4 is 5.73 Å². The summed E-state index contributed by atoms with van der Waals surface area (Å²) in [5.74, 6) is -0.0255. The van der Waals surface area contributed by atoms with E-state index in [2.05, 4.69) is 9.97 Å². The highest BCUT2D eigenvalue weighted by Crippen LogP contribution is 2.22. The predicted octanol–water partition coefficient (Wildman–Crippen LogP) is 1.52. The summed E-state index contributed by atoms with van der Waals surface area (Å²) in [5.41, 5.74) is 8.72. The molecule has 78 valence electrons. The fraction of sp³-hybridized carbons (Fsp3) is 0.0833. The van der Waals surface area contributed by atoms with Crippen molar-refractivity contribution in [3.8, 4) is 0 Å². The molecule has 0 unspecified atom stereocenters. The van der Waals surface area contributed by atoms with E-state index < -0.39 is 0 Å². The zero-order chi connectivity index (χ0) is 11.1. The Balaban J connectivity index is 2.39. The van der Waals surface area contributed by atoms with E-state index in [0.717, 1.165) is 11.0 Å². The minimum Gasteiger partial charge on any atom is -0.397 e. The van der Waals surface area contributed by atoms with Crippen LogP contribution in [0.5, 0.6) is 0 Å². The molecular formula is C12H9N3O. The average Bonchev–Trinajstić information content (AvgIpc) is 2.32. The fourth-order valence-corrected chi connectivity index (χ4v) is 1.79. The number of nitrogens with zero attached hydrogens (tertiary/aromatic N) is 2. The molecule has 1 aromatic carbocycles. The number of hydrogen-bond acceptors (Lipinski definition) is 4. The van der Waals surface area contributed by atoms with Crippen molar-refractivity contribution in [2.45, 2.75) is 6.42 Å². The first-order valence-corrected chi connectivity index (χ1v) is 5.02. The highest BCUT2D eigenvalue weighted by atomic mass is 16.1. The van der Waals surface area contributed by atoms with E-state index in [0.29, 0.717) is 23.5 Å². The largest absolute Gasteiger partial charge is 0.397 e. The molecular weight excluding hydrogens is 202 g/mol. The molecule has 0 spiro atoms. The van der Waals surface area contributed by atoms with E-state index in [9.17, 15) is 4.79 Å². The number of carbonyl (C=O) groups excluding carboxylic acids is 1. The van der Waals surface area contributed by atoms with E-state index in [1.54, 1.807) is 6.08 Å². The summed E-state index contributed by atoms with van der Waals surface area (Å²) in [6.45, 7) is 0. The monoisotopic (exact) mass is 211 g/mol. The number of benzene rings is 1. The molecule has 1 aliphatic rings. The molecule has 0 saturated carbocycles. The molecule has 4 nitrogen and oxygen atoms in total. The molecule has 4 heteroatoms. The number of Topliss-reactive ketones (excluding diaryl/α,β-unsaturated/α-hetero) is 1. The number of hydrogen-bond donors (Lipinski definition) is 1. The first-order valence-electron chi connectivity index (χ1n) is 5.02. The van der Waals surface area contributed by atoms with Gasteiger partial charge in [-0.1, -0.05) is 18.2 Å². The maximum absolute atomic E-state index is 11.7. The fourth-order valence-electron chi connectivity index (χ4n) is 1.79. The lowest BCUT2D eigenvalue weighted by molar-refractivity contribution is 0.0989. The number of nitrogens with two attached hydrogens (primary N) is 1. The summed E-state index contributed by atoms with van der Waals surface area (Å²) >= 11 is 0. The number of ketones is 1. The topological polar surface area (TPSA) is 68.9 Å². The number of aromatic nitrogens is 2. The van der Waals surface area contributed by atoms with E-state index >= 15 is 0 Å². The first-order chi connectivity index (χ1) is 7.75. The van der Waals surface area contributed by atoms with Crippen molar-refractivity contribution >= 4 is 22.5 Å². The SMILES string of the molecule is NC1=CCC(=O)c2nc3ccccc3nc21. The normalized spacial score (nSPS) is 14.8. The summed E-state index contributed by atoms with van der Waals surface area (Å²) in [5, 5.41) is 0. The molecule has 0 bridgehead atoms. The second kappa shape index (κ2) is 3.13. The number of rotatable bonds is 0. The third kappa shape index (κ3) is 1.20. The van der Waals surface area contributed by atoms with E-state index in [4.69, 9.17) is 5.73 Å². The molecule has 0 saturated heterocycles. The molecule has 0 amide bonds.